The summed E-state index contributed by atoms with van der Waals surface area (Å²) < 4.78 is 11.2. The van der Waals surface area contributed by atoms with E-state index in [4.69, 9.17) is 48.7 Å². The molecule has 0 saturated carbocycles. The number of piperidine rings is 1. The molecule has 1 unspecified atom stereocenters. The van der Waals surface area contributed by atoms with Crippen LogP contribution in [-0.4, -0.2) is 98.5 Å². The van der Waals surface area contributed by atoms with E-state index in [9.17, 15) is 19.2 Å². The molecule has 0 spiro atoms. The lowest BCUT2D eigenvalue weighted by Crippen LogP contribution is -2.52. The molecular weight excluding hydrogens is 492 g/mol. The van der Waals surface area contributed by atoms with Gasteiger partial charge in [0, 0.05) is 36.0 Å². The fourth-order valence-corrected chi connectivity index (χ4v) is 5.18. The number of morpholine rings is 1. The molecular formula is C25H20B5N3O6. The molecule has 0 bridgehead atoms. The van der Waals surface area contributed by atoms with Crippen molar-refractivity contribution < 1.29 is 28.7 Å². The quantitative estimate of drug-likeness (QED) is 0.322. The molecule has 4 amide bonds. The van der Waals surface area contributed by atoms with Crippen LogP contribution in [0.4, 0.5) is 0 Å². The molecule has 5 rings (SSSR count). The van der Waals surface area contributed by atoms with Crippen LogP contribution in [0.5, 0.6) is 5.75 Å². The van der Waals surface area contributed by atoms with Crippen molar-refractivity contribution >= 4 is 79.2 Å². The van der Waals surface area contributed by atoms with Gasteiger partial charge in [0.05, 0.1) is 13.2 Å². The van der Waals surface area contributed by atoms with Crippen molar-refractivity contribution in [3.05, 3.63) is 46.5 Å². The summed E-state index contributed by atoms with van der Waals surface area (Å²) in [6.07, 6.45) is 0.345. The number of carbonyl (C=O) groups is 4. The molecule has 2 fully saturated rings. The van der Waals surface area contributed by atoms with Crippen molar-refractivity contribution in [1.82, 2.24) is 15.1 Å². The number of rotatable bonds is 6. The summed E-state index contributed by atoms with van der Waals surface area (Å²) in [6.45, 7) is 1.01. The summed E-state index contributed by atoms with van der Waals surface area (Å²) in [5, 5.41) is 0.208. The van der Waals surface area contributed by atoms with Gasteiger partial charge in [-0.2, -0.15) is 0 Å². The summed E-state index contributed by atoms with van der Waals surface area (Å²) in [7, 11) is 31.8. The predicted octanol–water partition coefficient (Wildman–Crippen LogP) is -3.29. The van der Waals surface area contributed by atoms with Crippen molar-refractivity contribution in [3.63, 3.8) is 0 Å². The van der Waals surface area contributed by atoms with Crippen LogP contribution < -0.4 is 26.4 Å². The van der Waals surface area contributed by atoms with E-state index in [-0.39, 0.29) is 78.0 Å². The van der Waals surface area contributed by atoms with E-state index in [1.54, 1.807) is 29.2 Å². The first kappa shape index (κ1) is 27.2. The first-order valence-corrected chi connectivity index (χ1v) is 12.3. The second-order valence-corrected chi connectivity index (χ2v) is 9.77. The average molecular weight is 513 g/mol. The Morgan fingerprint density at radius 1 is 1.10 bits per heavy atom. The average Bonchev–Trinajstić information content (AvgIpc) is 3.20. The number of nitrogens with zero attached hydrogens (tertiary/aromatic N) is 2. The first-order valence-electron chi connectivity index (χ1n) is 12.3. The summed E-state index contributed by atoms with van der Waals surface area (Å²) in [5.74, 6) is -1.28. The molecule has 9 nitrogen and oxygen atoms in total. The van der Waals surface area contributed by atoms with Crippen LogP contribution in [0.15, 0.2) is 24.3 Å². The highest BCUT2D eigenvalue weighted by Gasteiger charge is 2.41. The minimum absolute atomic E-state index is 0.00420. The van der Waals surface area contributed by atoms with Crippen LogP contribution >= 0.6 is 0 Å². The molecule has 0 aliphatic carbocycles. The number of amides is 4. The zero-order chi connectivity index (χ0) is 28.1. The van der Waals surface area contributed by atoms with Gasteiger partial charge in [-0.05, 0) is 29.7 Å². The first-order chi connectivity index (χ1) is 18.5. The Kier molecular flexibility index (Phi) is 7.18. The molecule has 3 heterocycles. The lowest BCUT2D eigenvalue weighted by atomic mass is 9.54. The molecule has 2 saturated heterocycles. The standard InChI is InChI=1S/C25H20B5N3O6/c26-15-8-12(9-32-6-7-38-11-19(32)35)21(27)22(28)20(15)25(29,30)39-17-3-1-2-13-14(17)10-33(24(13)37)16-4-5-18(34)31-23(16)36/h1-3,8,16H,4-7,9-11H2,(H,31,34,36). The molecule has 3 aliphatic heterocycles. The second-order valence-electron chi connectivity index (χ2n) is 9.77. The molecule has 1 N–H and O–H groups in total. The van der Waals surface area contributed by atoms with Crippen molar-refractivity contribution in [2.75, 3.05) is 19.8 Å². The number of carbonyl (C=O) groups excluding carboxylic acids is 4. The number of nitrogens with one attached hydrogen (secondary N) is 1. The number of imide groups is 1. The lowest BCUT2D eigenvalue weighted by molar-refractivity contribution is -0.143. The minimum Gasteiger partial charge on any atom is -0.502 e. The van der Waals surface area contributed by atoms with Crippen molar-refractivity contribution in [1.29, 1.82) is 0 Å². The van der Waals surface area contributed by atoms with Crippen LogP contribution in [0.2, 0.25) is 0 Å². The predicted molar refractivity (Wildman–Crippen MR) is 145 cm³/mol. The van der Waals surface area contributed by atoms with Gasteiger partial charge < -0.3 is 19.3 Å². The molecule has 10 radical (unpaired) electrons. The van der Waals surface area contributed by atoms with Gasteiger partial charge in [0.15, 0.2) is 0 Å². The van der Waals surface area contributed by atoms with E-state index < -0.39 is 17.3 Å². The van der Waals surface area contributed by atoms with Crippen LogP contribution in [0.3, 0.4) is 0 Å². The van der Waals surface area contributed by atoms with E-state index in [1.165, 1.54) is 4.90 Å². The SMILES string of the molecule is [B]c1cc(CN2CCOCC2=O)c([B])c([B])c1C([B])([B])Oc1cccc2c1CN(C1CCC(=O)NC1=O)C2=O. The van der Waals surface area contributed by atoms with Crippen molar-refractivity contribution in [3.8, 4) is 5.75 Å². The fraction of sp³-hybridized carbons (Fsp3) is 0.360. The molecule has 0 aromatic heterocycles. The maximum atomic E-state index is 13.1. The smallest absolute Gasteiger partial charge is 0.255 e. The Morgan fingerprint density at radius 3 is 2.59 bits per heavy atom. The molecule has 1 atom stereocenters. The van der Waals surface area contributed by atoms with Crippen LogP contribution in [0.25, 0.3) is 0 Å². The van der Waals surface area contributed by atoms with Gasteiger partial charge in [0.1, 0.15) is 57.6 Å². The van der Waals surface area contributed by atoms with Gasteiger partial charge in [0.2, 0.25) is 17.7 Å². The molecule has 14 heteroatoms. The monoisotopic (exact) mass is 513 g/mol. The van der Waals surface area contributed by atoms with Gasteiger partial charge >= 0.3 is 0 Å². The highest BCUT2D eigenvalue weighted by Crippen LogP contribution is 2.35. The maximum absolute atomic E-state index is 13.1. The van der Waals surface area contributed by atoms with Gasteiger partial charge in [-0.25, -0.2) is 0 Å². The molecule has 2 aromatic rings. The fourth-order valence-electron chi connectivity index (χ4n) is 5.18. The largest absolute Gasteiger partial charge is 0.502 e. The van der Waals surface area contributed by atoms with Crippen molar-refractivity contribution in [2.45, 2.75) is 37.4 Å². The number of benzene rings is 2. The molecule has 3 aliphatic rings. The molecule has 2 aromatic carbocycles. The Morgan fingerprint density at radius 2 is 1.87 bits per heavy atom. The Balaban J connectivity index is 1.41. The van der Waals surface area contributed by atoms with E-state index in [2.05, 4.69) is 5.32 Å². The number of hydrogen-bond donors (Lipinski definition) is 1. The normalized spacial score (nSPS) is 19.7. The van der Waals surface area contributed by atoms with E-state index in [1.807, 2.05) is 0 Å². The summed E-state index contributed by atoms with van der Waals surface area (Å²) in [6, 6.07) is 5.54. The van der Waals surface area contributed by atoms with E-state index in [0.29, 0.717) is 29.8 Å². The number of ether oxygens (including phenoxy) is 2. The Labute approximate surface area is 232 Å². The highest BCUT2D eigenvalue weighted by molar-refractivity contribution is 6.54. The summed E-state index contributed by atoms with van der Waals surface area (Å²) in [5.41, 5.74) is 1.62. The summed E-state index contributed by atoms with van der Waals surface area (Å²) >= 11 is 0. The Hall–Kier alpha value is -3.40. The Bertz CT molecular complexity index is 1400. The maximum Gasteiger partial charge on any atom is 0.255 e. The lowest BCUT2D eigenvalue weighted by Gasteiger charge is -2.35. The van der Waals surface area contributed by atoms with Gasteiger partial charge in [0.25, 0.3) is 5.91 Å². The van der Waals surface area contributed by atoms with Crippen molar-refractivity contribution in [2.24, 2.45) is 0 Å². The number of hydrogen-bond acceptors (Lipinski definition) is 6. The third-order valence-electron chi connectivity index (χ3n) is 7.18. The van der Waals surface area contributed by atoms with Crippen LogP contribution in [0, 0.1) is 0 Å². The minimum atomic E-state index is -2.06. The van der Waals surface area contributed by atoms with Crippen LogP contribution in [0.1, 0.15) is 39.9 Å². The third-order valence-corrected chi connectivity index (χ3v) is 7.18. The van der Waals surface area contributed by atoms with E-state index in [0.717, 1.165) is 0 Å². The van der Waals surface area contributed by atoms with Gasteiger partial charge in [-0.15, -0.1) is 0 Å². The second kappa shape index (κ2) is 10.3. The summed E-state index contributed by atoms with van der Waals surface area (Å²) in [4.78, 5) is 52.2. The van der Waals surface area contributed by atoms with E-state index >= 15 is 0 Å². The van der Waals surface area contributed by atoms with Crippen LogP contribution in [-0.2, 0) is 37.6 Å². The topological polar surface area (TPSA) is 105 Å². The molecule has 39 heavy (non-hydrogen) atoms. The van der Waals surface area contributed by atoms with Gasteiger partial charge in [-0.3, -0.25) is 24.5 Å². The van der Waals surface area contributed by atoms with Gasteiger partial charge in [-0.1, -0.05) is 28.5 Å². The zero-order valence-electron chi connectivity index (χ0n) is 21.1. The molecule has 186 valence electrons. The zero-order valence-corrected chi connectivity index (χ0v) is 21.1. The number of fused-ring (bicyclic) bond motifs is 1. The highest BCUT2D eigenvalue weighted by atomic mass is 16.5. The third kappa shape index (κ3) is 5.02.